The molecule has 1 aliphatic heterocycles. The van der Waals surface area contributed by atoms with Gasteiger partial charge in [0.1, 0.15) is 5.69 Å². The molecule has 0 amide bonds. The van der Waals surface area contributed by atoms with Gasteiger partial charge in [-0.05, 0) is 24.7 Å². The van der Waals surface area contributed by atoms with Crippen LogP contribution in [-0.4, -0.2) is 18.3 Å². The number of hydrogen-bond acceptors (Lipinski definition) is 5. The van der Waals surface area contributed by atoms with Gasteiger partial charge in [-0.3, -0.25) is 10.1 Å². The number of hydrogen-bond donors (Lipinski definition) is 1. The van der Waals surface area contributed by atoms with Crippen molar-refractivity contribution in [2.45, 2.75) is 32.6 Å². The van der Waals surface area contributed by atoms with E-state index in [1.807, 2.05) is 0 Å². The molecule has 6 heteroatoms. The SMILES string of the molecule is CC1CCCC(CNc2cc3c(cc2[N+](=O)[O-])OCO3)C1. The van der Waals surface area contributed by atoms with Gasteiger partial charge < -0.3 is 14.8 Å². The number of fused-ring (bicyclic) bond motifs is 1. The highest BCUT2D eigenvalue weighted by atomic mass is 16.7. The molecule has 0 aromatic heterocycles. The van der Waals surface area contributed by atoms with Crippen LogP contribution < -0.4 is 14.8 Å². The summed E-state index contributed by atoms with van der Waals surface area (Å²) in [4.78, 5) is 10.8. The summed E-state index contributed by atoms with van der Waals surface area (Å²) >= 11 is 0. The Morgan fingerprint density at radius 1 is 1.33 bits per heavy atom. The molecular formula is C15H20N2O4. The van der Waals surface area contributed by atoms with Gasteiger partial charge >= 0.3 is 0 Å². The maximum Gasteiger partial charge on any atom is 0.296 e. The van der Waals surface area contributed by atoms with Gasteiger partial charge in [0.15, 0.2) is 11.5 Å². The van der Waals surface area contributed by atoms with E-state index in [1.54, 1.807) is 6.07 Å². The number of ether oxygens (including phenoxy) is 2. The molecule has 21 heavy (non-hydrogen) atoms. The van der Waals surface area contributed by atoms with Gasteiger partial charge in [0, 0.05) is 12.6 Å². The summed E-state index contributed by atoms with van der Waals surface area (Å²) in [5.41, 5.74) is 0.561. The van der Waals surface area contributed by atoms with E-state index < -0.39 is 0 Å². The van der Waals surface area contributed by atoms with Crippen molar-refractivity contribution in [1.82, 2.24) is 0 Å². The van der Waals surface area contributed by atoms with Gasteiger partial charge in [0.05, 0.1) is 11.0 Å². The third kappa shape index (κ3) is 3.04. The van der Waals surface area contributed by atoms with Crippen molar-refractivity contribution < 1.29 is 14.4 Å². The molecule has 2 unspecified atom stereocenters. The Morgan fingerprint density at radius 3 is 2.81 bits per heavy atom. The van der Waals surface area contributed by atoms with E-state index >= 15 is 0 Å². The first-order chi connectivity index (χ1) is 10.1. The fraction of sp³-hybridized carbons (Fsp3) is 0.600. The van der Waals surface area contributed by atoms with Crippen LogP contribution in [0.2, 0.25) is 0 Å². The topological polar surface area (TPSA) is 73.6 Å². The van der Waals surface area contributed by atoms with Crippen LogP contribution in [0.15, 0.2) is 12.1 Å². The lowest BCUT2D eigenvalue weighted by Gasteiger charge is -2.27. The van der Waals surface area contributed by atoms with Crippen LogP contribution in [0.1, 0.15) is 32.6 Å². The summed E-state index contributed by atoms with van der Waals surface area (Å²) in [7, 11) is 0. The van der Waals surface area contributed by atoms with Crippen molar-refractivity contribution in [2.24, 2.45) is 11.8 Å². The first-order valence-corrected chi connectivity index (χ1v) is 7.45. The minimum atomic E-state index is -0.381. The Hall–Kier alpha value is -1.98. The van der Waals surface area contributed by atoms with Crippen LogP contribution >= 0.6 is 0 Å². The normalized spacial score (nSPS) is 23.9. The Morgan fingerprint density at radius 2 is 2.10 bits per heavy atom. The van der Waals surface area contributed by atoms with Crippen molar-refractivity contribution in [3.8, 4) is 11.5 Å². The Bertz CT molecular complexity index is 547. The van der Waals surface area contributed by atoms with Crippen molar-refractivity contribution >= 4 is 11.4 Å². The highest BCUT2D eigenvalue weighted by Crippen LogP contribution is 2.41. The van der Waals surface area contributed by atoms with Crippen LogP contribution in [0.4, 0.5) is 11.4 Å². The number of nitrogens with one attached hydrogen (secondary N) is 1. The predicted octanol–water partition coefficient (Wildman–Crippen LogP) is 3.56. The maximum atomic E-state index is 11.2. The summed E-state index contributed by atoms with van der Waals surface area (Å²) in [6.07, 6.45) is 4.92. The second-order valence-corrected chi connectivity index (χ2v) is 6.00. The van der Waals surface area contributed by atoms with Crippen LogP contribution in [0.5, 0.6) is 11.5 Å². The molecule has 0 spiro atoms. The highest BCUT2D eigenvalue weighted by molar-refractivity contribution is 5.68. The third-order valence-corrected chi connectivity index (χ3v) is 4.31. The van der Waals surface area contributed by atoms with Crippen LogP contribution in [0.3, 0.4) is 0 Å². The summed E-state index contributed by atoms with van der Waals surface area (Å²) in [5, 5.41) is 14.4. The lowest BCUT2D eigenvalue weighted by Crippen LogP contribution is -2.21. The summed E-state index contributed by atoms with van der Waals surface area (Å²) in [6, 6.07) is 3.11. The first-order valence-electron chi connectivity index (χ1n) is 7.45. The number of nitro benzene ring substituents is 1. The number of benzene rings is 1. The maximum absolute atomic E-state index is 11.2. The molecule has 0 saturated heterocycles. The molecule has 1 aromatic carbocycles. The standard InChI is InChI=1S/C15H20N2O4/c1-10-3-2-4-11(5-10)8-16-12-6-14-15(21-9-20-14)7-13(12)17(18)19/h6-7,10-11,16H,2-5,8-9H2,1H3. The molecule has 2 aliphatic rings. The molecule has 1 fully saturated rings. The average molecular weight is 292 g/mol. The molecule has 2 atom stereocenters. The third-order valence-electron chi connectivity index (χ3n) is 4.31. The van der Waals surface area contributed by atoms with E-state index in [9.17, 15) is 10.1 Å². The van der Waals surface area contributed by atoms with Crippen molar-refractivity contribution in [3.05, 3.63) is 22.2 Å². The molecule has 114 valence electrons. The molecule has 6 nitrogen and oxygen atoms in total. The van der Waals surface area contributed by atoms with E-state index in [4.69, 9.17) is 9.47 Å². The lowest BCUT2D eigenvalue weighted by atomic mass is 9.82. The molecule has 0 bridgehead atoms. The smallest absolute Gasteiger partial charge is 0.296 e. The van der Waals surface area contributed by atoms with E-state index in [2.05, 4.69) is 12.2 Å². The lowest BCUT2D eigenvalue weighted by molar-refractivity contribution is -0.384. The number of nitro groups is 1. The molecule has 1 aromatic rings. The molecule has 1 N–H and O–H groups in total. The molecule has 1 aliphatic carbocycles. The predicted molar refractivity (Wildman–Crippen MR) is 78.8 cm³/mol. The number of nitrogens with zero attached hydrogens (tertiary/aromatic N) is 1. The van der Waals surface area contributed by atoms with Gasteiger partial charge in [0.25, 0.3) is 5.69 Å². The summed E-state index contributed by atoms with van der Waals surface area (Å²) in [5.74, 6) is 2.34. The van der Waals surface area contributed by atoms with Gasteiger partial charge in [-0.15, -0.1) is 0 Å². The van der Waals surface area contributed by atoms with E-state index in [0.29, 0.717) is 23.1 Å². The second-order valence-electron chi connectivity index (χ2n) is 6.00. The highest BCUT2D eigenvalue weighted by Gasteiger charge is 2.24. The van der Waals surface area contributed by atoms with Crippen molar-refractivity contribution in [2.75, 3.05) is 18.7 Å². The van der Waals surface area contributed by atoms with Crippen LogP contribution in [0, 0.1) is 22.0 Å². The van der Waals surface area contributed by atoms with Crippen LogP contribution in [0.25, 0.3) is 0 Å². The zero-order chi connectivity index (χ0) is 14.8. The van der Waals surface area contributed by atoms with Gasteiger partial charge in [-0.2, -0.15) is 0 Å². The minimum Gasteiger partial charge on any atom is -0.454 e. The van der Waals surface area contributed by atoms with Gasteiger partial charge in [0.2, 0.25) is 6.79 Å². The van der Waals surface area contributed by atoms with E-state index in [0.717, 1.165) is 12.5 Å². The Labute approximate surface area is 123 Å². The zero-order valence-corrected chi connectivity index (χ0v) is 12.1. The molecular weight excluding hydrogens is 272 g/mol. The van der Waals surface area contributed by atoms with Gasteiger partial charge in [-0.25, -0.2) is 0 Å². The van der Waals surface area contributed by atoms with Gasteiger partial charge in [-0.1, -0.05) is 19.8 Å². The Kier molecular flexibility index (Phi) is 3.86. The second kappa shape index (κ2) is 5.79. The average Bonchev–Trinajstić information content (AvgIpc) is 2.91. The first kappa shape index (κ1) is 14.0. The monoisotopic (exact) mass is 292 g/mol. The summed E-state index contributed by atoms with van der Waals surface area (Å²) in [6.45, 7) is 3.16. The number of rotatable bonds is 4. The molecule has 3 rings (SSSR count). The largest absolute Gasteiger partial charge is 0.454 e. The molecule has 1 heterocycles. The van der Waals surface area contributed by atoms with E-state index in [-0.39, 0.29) is 17.4 Å². The zero-order valence-electron chi connectivity index (χ0n) is 12.1. The van der Waals surface area contributed by atoms with Crippen molar-refractivity contribution in [1.29, 1.82) is 0 Å². The fourth-order valence-electron chi connectivity index (χ4n) is 3.22. The van der Waals surface area contributed by atoms with E-state index in [1.165, 1.54) is 31.7 Å². The summed E-state index contributed by atoms with van der Waals surface area (Å²) < 4.78 is 10.5. The minimum absolute atomic E-state index is 0.0445. The Balaban J connectivity index is 1.73. The molecule has 1 saturated carbocycles. The number of anilines is 1. The quantitative estimate of drug-likeness (QED) is 0.678. The van der Waals surface area contributed by atoms with Crippen LogP contribution in [-0.2, 0) is 0 Å². The molecule has 0 radical (unpaired) electrons. The van der Waals surface area contributed by atoms with Crippen molar-refractivity contribution in [3.63, 3.8) is 0 Å². The fourth-order valence-corrected chi connectivity index (χ4v) is 3.22.